The first-order chi connectivity index (χ1) is 15.5. The molecular formula is C25H22FN3O3. The van der Waals surface area contributed by atoms with Crippen LogP contribution >= 0.6 is 0 Å². The van der Waals surface area contributed by atoms with Gasteiger partial charge >= 0.3 is 5.97 Å². The molecule has 7 heteroatoms. The van der Waals surface area contributed by atoms with Crippen LogP contribution in [-0.4, -0.2) is 38.9 Å². The van der Waals surface area contributed by atoms with Crippen LogP contribution in [0.15, 0.2) is 60.9 Å². The number of benzene rings is 3. The fourth-order valence-electron chi connectivity index (χ4n) is 4.55. The molecule has 162 valence electrons. The summed E-state index contributed by atoms with van der Waals surface area (Å²) in [4.78, 5) is 15.7. The fourth-order valence-corrected chi connectivity index (χ4v) is 4.55. The highest BCUT2D eigenvalue weighted by molar-refractivity contribution is 6.08. The minimum Gasteiger partial charge on any atom is -0.478 e. The average molecular weight is 431 g/mol. The Bertz CT molecular complexity index is 1480. The van der Waals surface area contributed by atoms with Crippen molar-refractivity contribution in [3.05, 3.63) is 77.9 Å². The Morgan fingerprint density at radius 2 is 1.88 bits per heavy atom. The van der Waals surface area contributed by atoms with Crippen molar-refractivity contribution in [2.45, 2.75) is 19.5 Å². The van der Waals surface area contributed by atoms with Gasteiger partial charge in [0.1, 0.15) is 5.82 Å². The topological polar surface area (TPSA) is 69.3 Å². The van der Waals surface area contributed by atoms with E-state index >= 15 is 0 Å². The van der Waals surface area contributed by atoms with Gasteiger partial charge in [0.2, 0.25) is 0 Å². The number of halogens is 1. The Morgan fingerprint density at radius 3 is 2.62 bits per heavy atom. The zero-order chi connectivity index (χ0) is 22.4. The monoisotopic (exact) mass is 431 g/mol. The molecule has 2 aromatic heterocycles. The van der Waals surface area contributed by atoms with Crippen LogP contribution in [0.25, 0.3) is 32.8 Å². The van der Waals surface area contributed by atoms with Crippen LogP contribution in [-0.2, 0) is 11.3 Å². The van der Waals surface area contributed by atoms with Gasteiger partial charge in [-0.15, -0.1) is 0 Å². The summed E-state index contributed by atoms with van der Waals surface area (Å²) < 4.78 is 23.6. The summed E-state index contributed by atoms with van der Waals surface area (Å²) >= 11 is 0. The van der Waals surface area contributed by atoms with E-state index in [-0.39, 0.29) is 17.4 Å². The highest BCUT2D eigenvalue weighted by atomic mass is 19.1. The number of hydrogen-bond donors (Lipinski definition) is 1. The van der Waals surface area contributed by atoms with E-state index in [1.807, 2.05) is 10.6 Å². The maximum atomic E-state index is 13.9. The van der Waals surface area contributed by atoms with Crippen LogP contribution in [0.2, 0.25) is 0 Å². The molecular weight excluding hydrogens is 409 g/mol. The molecule has 2 heterocycles. The van der Waals surface area contributed by atoms with Gasteiger partial charge in [-0.3, -0.25) is 0 Å². The van der Waals surface area contributed by atoms with Gasteiger partial charge in [0, 0.05) is 29.9 Å². The van der Waals surface area contributed by atoms with E-state index in [0.717, 1.165) is 39.4 Å². The van der Waals surface area contributed by atoms with Crippen LogP contribution in [0.4, 0.5) is 4.39 Å². The first-order valence-electron chi connectivity index (χ1n) is 10.4. The normalized spacial score (nSPS) is 12.7. The number of aryl methyl sites for hydroxylation is 1. The van der Waals surface area contributed by atoms with Crippen molar-refractivity contribution < 1.29 is 19.0 Å². The molecule has 0 radical (unpaired) electrons. The Balaban J connectivity index is 1.69. The van der Waals surface area contributed by atoms with E-state index in [1.54, 1.807) is 37.7 Å². The molecule has 0 aliphatic heterocycles. The smallest absolute Gasteiger partial charge is 0.335 e. The van der Waals surface area contributed by atoms with Crippen molar-refractivity contribution in [1.29, 1.82) is 0 Å². The third kappa shape index (κ3) is 3.13. The van der Waals surface area contributed by atoms with Crippen LogP contribution < -0.4 is 0 Å². The molecule has 0 aliphatic rings. The van der Waals surface area contributed by atoms with Crippen LogP contribution in [0.1, 0.15) is 28.9 Å². The Morgan fingerprint density at radius 1 is 1.06 bits per heavy atom. The molecule has 3 aromatic carbocycles. The lowest BCUT2D eigenvalue weighted by atomic mass is 10.0. The quantitative estimate of drug-likeness (QED) is 0.399. The third-order valence-corrected chi connectivity index (χ3v) is 6.04. The number of aromatic carboxylic acids is 1. The van der Waals surface area contributed by atoms with Crippen molar-refractivity contribution in [2.24, 2.45) is 0 Å². The van der Waals surface area contributed by atoms with Gasteiger partial charge in [-0.05, 0) is 61.0 Å². The number of carboxylic acid groups (broad SMARTS) is 1. The van der Waals surface area contributed by atoms with Gasteiger partial charge < -0.3 is 19.0 Å². The highest BCUT2D eigenvalue weighted by Crippen LogP contribution is 2.33. The predicted octanol–water partition coefficient (Wildman–Crippen LogP) is 5.24. The number of nitrogens with zero attached hydrogens (tertiary/aromatic N) is 3. The summed E-state index contributed by atoms with van der Waals surface area (Å²) in [6.07, 6.45) is 1.72. The minimum atomic E-state index is -0.982. The molecule has 5 aromatic rings. The number of ether oxygens (including phenoxy) is 1. The van der Waals surface area contributed by atoms with E-state index in [9.17, 15) is 14.3 Å². The molecule has 32 heavy (non-hydrogen) atoms. The predicted molar refractivity (Wildman–Crippen MR) is 122 cm³/mol. The van der Waals surface area contributed by atoms with Gasteiger partial charge in [-0.2, -0.15) is 0 Å². The van der Waals surface area contributed by atoms with Gasteiger partial charge in [0.25, 0.3) is 0 Å². The van der Waals surface area contributed by atoms with Crippen molar-refractivity contribution in [2.75, 3.05) is 13.7 Å². The summed E-state index contributed by atoms with van der Waals surface area (Å²) in [7, 11) is 1.65. The maximum absolute atomic E-state index is 13.9. The van der Waals surface area contributed by atoms with Crippen molar-refractivity contribution in [3.63, 3.8) is 0 Å². The number of aromatic nitrogens is 3. The van der Waals surface area contributed by atoms with E-state index in [2.05, 4.69) is 34.7 Å². The van der Waals surface area contributed by atoms with Gasteiger partial charge in [-0.25, -0.2) is 14.2 Å². The Kier molecular flexibility index (Phi) is 4.90. The zero-order valence-corrected chi connectivity index (χ0v) is 17.7. The standard InChI is InChI=1S/C25H22FN3O3/c1-3-28-21-8-4-15(10-19(21)18-7-6-17(26)12-23(18)28)24(13-32-2)29-14-27-20-11-16(25(30)31)5-9-22(20)29/h4-12,14,24H,3,13H2,1-2H3,(H,30,31). The number of carboxylic acids is 1. The molecule has 0 amide bonds. The molecule has 0 saturated heterocycles. The molecule has 1 unspecified atom stereocenters. The molecule has 1 N–H and O–H groups in total. The number of hydrogen-bond acceptors (Lipinski definition) is 3. The largest absolute Gasteiger partial charge is 0.478 e. The van der Waals surface area contributed by atoms with Gasteiger partial charge in [-0.1, -0.05) is 6.07 Å². The minimum absolute atomic E-state index is 0.162. The second-order valence-electron chi connectivity index (χ2n) is 7.81. The number of methoxy groups -OCH3 is 1. The first-order valence-corrected chi connectivity index (χ1v) is 10.4. The fraction of sp³-hybridized carbons (Fsp3) is 0.200. The number of imidazole rings is 1. The van der Waals surface area contributed by atoms with Crippen LogP contribution in [0.3, 0.4) is 0 Å². The molecule has 0 spiro atoms. The summed E-state index contributed by atoms with van der Waals surface area (Å²) in [6.45, 7) is 3.20. The third-order valence-electron chi connectivity index (χ3n) is 6.04. The Labute approximate surface area is 183 Å². The zero-order valence-electron chi connectivity index (χ0n) is 17.7. The summed E-state index contributed by atoms with van der Waals surface area (Å²) in [5.74, 6) is -1.23. The highest BCUT2D eigenvalue weighted by Gasteiger charge is 2.20. The van der Waals surface area contributed by atoms with Crippen molar-refractivity contribution in [1.82, 2.24) is 14.1 Å². The van der Waals surface area contributed by atoms with Gasteiger partial charge in [0.15, 0.2) is 0 Å². The maximum Gasteiger partial charge on any atom is 0.335 e. The SMILES string of the molecule is CCn1c2ccc(C(COC)n3cnc4cc(C(=O)O)ccc43)cc2c2ccc(F)cc21. The second kappa shape index (κ2) is 7.76. The van der Waals surface area contributed by atoms with Crippen molar-refractivity contribution >= 4 is 38.8 Å². The average Bonchev–Trinajstić information content (AvgIpc) is 3.34. The molecule has 0 fully saturated rings. The summed E-state index contributed by atoms with van der Waals surface area (Å²) in [5.41, 5.74) is 4.60. The second-order valence-corrected chi connectivity index (χ2v) is 7.81. The molecule has 0 saturated carbocycles. The Hall–Kier alpha value is -3.71. The lowest BCUT2D eigenvalue weighted by Crippen LogP contribution is -2.15. The van der Waals surface area contributed by atoms with Gasteiger partial charge in [0.05, 0.1) is 41.1 Å². The molecule has 6 nitrogen and oxygen atoms in total. The van der Waals surface area contributed by atoms with E-state index in [1.165, 1.54) is 6.07 Å². The lowest BCUT2D eigenvalue weighted by molar-refractivity contribution is 0.0697. The molecule has 0 bridgehead atoms. The van der Waals surface area contributed by atoms with Crippen LogP contribution in [0, 0.1) is 5.82 Å². The molecule has 5 rings (SSSR count). The van der Waals surface area contributed by atoms with E-state index in [0.29, 0.717) is 12.1 Å². The summed E-state index contributed by atoms with van der Waals surface area (Å²) in [6, 6.07) is 15.9. The number of carbonyl (C=O) groups is 1. The molecule has 1 atom stereocenters. The van der Waals surface area contributed by atoms with E-state index in [4.69, 9.17) is 4.74 Å². The molecule has 0 aliphatic carbocycles. The van der Waals surface area contributed by atoms with Crippen LogP contribution in [0.5, 0.6) is 0 Å². The number of fused-ring (bicyclic) bond motifs is 4. The van der Waals surface area contributed by atoms with E-state index < -0.39 is 5.97 Å². The van der Waals surface area contributed by atoms with Crippen molar-refractivity contribution in [3.8, 4) is 0 Å². The summed E-state index contributed by atoms with van der Waals surface area (Å²) in [5, 5.41) is 11.3. The first kappa shape index (κ1) is 20.2. The number of rotatable bonds is 6. The lowest BCUT2D eigenvalue weighted by Gasteiger charge is -2.20.